The lowest BCUT2D eigenvalue weighted by molar-refractivity contribution is -0.113. The first-order valence-electron chi connectivity index (χ1n) is 9.73. The molecule has 1 aromatic rings. The van der Waals surface area contributed by atoms with E-state index in [4.69, 9.17) is 4.74 Å². The summed E-state index contributed by atoms with van der Waals surface area (Å²) in [5, 5.41) is 3.41. The van der Waals surface area contributed by atoms with Gasteiger partial charge < -0.3 is 10.1 Å². The highest BCUT2D eigenvalue weighted by Gasteiger charge is 2.32. The molecule has 0 aliphatic heterocycles. The number of allylic oxidation sites excluding steroid dienone is 5. The van der Waals surface area contributed by atoms with Gasteiger partial charge in [0.1, 0.15) is 5.76 Å². The molecule has 1 atom stereocenters. The zero-order valence-electron chi connectivity index (χ0n) is 16.1. The Morgan fingerprint density at radius 2 is 1.92 bits per heavy atom. The minimum Gasteiger partial charge on any atom is -0.498 e. The second-order valence-corrected chi connectivity index (χ2v) is 7.12. The van der Waals surface area contributed by atoms with Gasteiger partial charge in [-0.3, -0.25) is 4.79 Å². The number of carbonyl (C=O) groups excluding carboxylic acids is 1. The van der Waals surface area contributed by atoms with Crippen LogP contribution in [-0.4, -0.2) is 12.4 Å². The number of benzene rings is 1. The van der Waals surface area contributed by atoms with Crippen molar-refractivity contribution in [1.29, 1.82) is 0 Å². The maximum atomic E-state index is 12.6. The van der Waals surface area contributed by atoms with Crippen molar-refractivity contribution in [2.45, 2.75) is 52.9 Å². The van der Waals surface area contributed by atoms with Crippen LogP contribution >= 0.6 is 0 Å². The van der Waals surface area contributed by atoms with E-state index in [1.54, 1.807) is 6.92 Å². The summed E-state index contributed by atoms with van der Waals surface area (Å²) in [7, 11) is 0. The van der Waals surface area contributed by atoms with Crippen LogP contribution in [0.1, 0.15) is 52.9 Å². The summed E-state index contributed by atoms with van der Waals surface area (Å²) >= 11 is 0. The third-order valence-corrected chi connectivity index (χ3v) is 5.25. The van der Waals surface area contributed by atoms with E-state index in [0.717, 1.165) is 41.1 Å². The number of ketones is 1. The number of carbonyl (C=O) groups is 1. The first-order chi connectivity index (χ1) is 12.6. The Balaban J connectivity index is 2.03. The fourth-order valence-electron chi connectivity index (χ4n) is 4.16. The Morgan fingerprint density at radius 3 is 2.62 bits per heavy atom. The van der Waals surface area contributed by atoms with Crippen LogP contribution in [0.3, 0.4) is 0 Å². The van der Waals surface area contributed by atoms with Gasteiger partial charge in [0.2, 0.25) is 0 Å². The van der Waals surface area contributed by atoms with E-state index in [1.165, 1.54) is 24.8 Å². The smallest absolute Gasteiger partial charge is 0.162 e. The van der Waals surface area contributed by atoms with Gasteiger partial charge in [-0.2, -0.15) is 0 Å². The lowest BCUT2D eigenvalue weighted by Crippen LogP contribution is -2.10. The minimum atomic E-state index is 0.102. The monoisotopic (exact) mass is 351 g/mol. The molecule has 3 nitrogen and oxygen atoms in total. The van der Waals surface area contributed by atoms with Crippen LogP contribution in [-0.2, 0) is 9.53 Å². The number of hydrogen-bond acceptors (Lipinski definition) is 3. The highest BCUT2D eigenvalue weighted by Crippen LogP contribution is 2.44. The summed E-state index contributed by atoms with van der Waals surface area (Å²) in [6.45, 7) is 6.36. The Morgan fingerprint density at radius 1 is 1.15 bits per heavy atom. The van der Waals surface area contributed by atoms with E-state index in [-0.39, 0.29) is 5.78 Å². The number of fused-ring (bicyclic) bond motifs is 1. The molecule has 0 radical (unpaired) electrons. The van der Waals surface area contributed by atoms with Crippen molar-refractivity contribution in [2.24, 2.45) is 5.92 Å². The van der Waals surface area contributed by atoms with Crippen LogP contribution in [0.25, 0.3) is 0 Å². The molecular weight excluding hydrogens is 322 g/mol. The van der Waals surface area contributed by atoms with Crippen molar-refractivity contribution in [3.05, 3.63) is 64.6 Å². The summed E-state index contributed by atoms with van der Waals surface area (Å²) in [6, 6.07) is 10.0. The third-order valence-electron chi connectivity index (χ3n) is 5.25. The number of anilines is 1. The number of Topliss-reactive ketones (excluding diaryl/α,β-unsaturated/α-hetero) is 1. The Bertz CT molecular complexity index is 756. The van der Waals surface area contributed by atoms with Crippen molar-refractivity contribution >= 4 is 11.5 Å². The average molecular weight is 351 g/mol. The number of para-hydroxylation sites is 1. The highest BCUT2D eigenvalue weighted by atomic mass is 16.5. The Labute approximate surface area is 156 Å². The van der Waals surface area contributed by atoms with E-state index in [2.05, 4.69) is 11.4 Å². The Kier molecular flexibility index (Phi) is 5.97. The van der Waals surface area contributed by atoms with E-state index in [9.17, 15) is 4.79 Å². The lowest BCUT2D eigenvalue weighted by atomic mass is 9.90. The largest absolute Gasteiger partial charge is 0.498 e. The van der Waals surface area contributed by atoms with Crippen molar-refractivity contribution in [2.75, 3.05) is 11.9 Å². The number of rotatable bonds is 6. The fraction of sp³-hybridized carbons (Fsp3) is 0.435. The molecule has 0 aromatic heterocycles. The molecule has 26 heavy (non-hydrogen) atoms. The van der Waals surface area contributed by atoms with Crippen LogP contribution in [0.4, 0.5) is 5.69 Å². The predicted molar refractivity (Wildman–Crippen MR) is 107 cm³/mol. The molecule has 3 rings (SSSR count). The number of nitrogens with one attached hydrogen (secondary N) is 1. The first-order valence-corrected chi connectivity index (χ1v) is 9.73. The number of hydrogen-bond donors (Lipinski definition) is 1. The molecule has 2 aliphatic rings. The molecule has 138 valence electrons. The second-order valence-electron chi connectivity index (χ2n) is 7.12. The lowest BCUT2D eigenvalue weighted by Gasteiger charge is -2.18. The predicted octanol–water partition coefficient (Wildman–Crippen LogP) is 5.77. The van der Waals surface area contributed by atoms with E-state index >= 15 is 0 Å². The van der Waals surface area contributed by atoms with Crippen molar-refractivity contribution in [1.82, 2.24) is 0 Å². The molecule has 0 spiro atoms. The fourth-order valence-corrected chi connectivity index (χ4v) is 4.16. The summed E-state index contributed by atoms with van der Waals surface area (Å²) in [4.78, 5) is 12.6. The summed E-state index contributed by atoms with van der Waals surface area (Å²) in [6.07, 6.45) is 7.99. The van der Waals surface area contributed by atoms with Gasteiger partial charge in [-0.1, -0.05) is 36.6 Å². The minimum absolute atomic E-state index is 0.102. The maximum Gasteiger partial charge on any atom is 0.162 e. The molecule has 0 unspecified atom stereocenters. The molecule has 0 amide bonds. The van der Waals surface area contributed by atoms with E-state index < -0.39 is 0 Å². The summed E-state index contributed by atoms with van der Waals surface area (Å²) in [5.41, 5.74) is 5.19. The highest BCUT2D eigenvalue weighted by molar-refractivity contribution is 6.00. The normalized spacial score (nSPS) is 20.7. The van der Waals surface area contributed by atoms with Gasteiger partial charge in [-0.25, -0.2) is 0 Å². The molecular formula is C23H29NO2. The summed E-state index contributed by atoms with van der Waals surface area (Å²) in [5.74, 6) is 1.50. The quantitative estimate of drug-likeness (QED) is 0.661. The van der Waals surface area contributed by atoms with Crippen LogP contribution in [0.15, 0.2) is 64.6 Å². The molecule has 0 bridgehead atoms. The van der Waals surface area contributed by atoms with Crippen molar-refractivity contribution in [3.63, 3.8) is 0 Å². The molecule has 1 aromatic carbocycles. The zero-order chi connectivity index (χ0) is 18.5. The molecule has 0 saturated heterocycles. The van der Waals surface area contributed by atoms with E-state index in [1.807, 2.05) is 44.2 Å². The van der Waals surface area contributed by atoms with E-state index in [0.29, 0.717) is 12.5 Å². The second kappa shape index (κ2) is 8.39. The van der Waals surface area contributed by atoms with Crippen molar-refractivity contribution < 1.29 is 9.53 Å². The molecule has 0 heterocycles. The maximum absolute atomic E-state index is 12.6. The van der Waals surface area contributed by atoms with Gasteiger partial charge in [-0.15, -0.1) is 0 Å². The van der Waals surface area contributed by atoms with Crippen LogP contribution < -0.4 is 5.32 Å². The SMILES string of the molecule is CCOC1=CC(/C(C(C)=O)=C(\C)Nc2ccccc2)=C2CCCCC[C@@H]12. The topological polar surface area (TPSA) is 38.3 Å². The standard InChI is InChI=1S/C23H29NO2/c1-4-26-22-15-21(19-13-9-6-10-14-20(19)22)23(17(3)25)16(2)24-18-11-7-5-8-12-18/h5,7-8,11-12,15,20,24H,4,6,9-10,13-14H2,1-3H3/b23-16+/t20-/m1/s1. The molecule has 3 heteroatoms. The van der Waals surface area contributed by atoms with Gasteiger partial charge >= 0.3 is 0 Å². The van der Waals surface area contributed by atoms with Crippen molar-refractivity contribution in [3.8, 4) is 0 Å². The molecule has 2 aliphatic carbocycles. The summed E-state index contributed by atoms with van der Waals surface area (Å²) < 4.78 is 5.95. The van der Waals surface area contributed by atoms with Gasteiger partial charge in [0.25, 0.3) is 0 Å². The van der Waals surface area contributed by atoms with Crippen LogP contribution in [0, 0.1) is 5.92 Å². The van der Waals surface area contributed by atoms with Crippen LogP contribution in [0.2, 0.25) is 0 Å². The molecule has 1 saturated carbocycles. The van der Waals surface area contributed by atoms with Gasteiger partial charge in [0, 0.05) is 22.9 Å². The average Bonchev–Trinajstić information content (AvgIpc) is 2.80. The third kappa shape index (κ3) is 3.92. The van der Waals surface area contributed by atoms with Gasteiger partial charge in [0.05, 0.1) is 6.61 Å². The van der Waals surface area contributed by atoms with Crippen LogP contribution in [0.5, 0.6) is 0 Å². The molecule has 1 fully saturated rings. The van der Waals surface area contributed by atoms with Gasteiger partial charge in [-0.05, 0) is 63.8 Å². The van der Waals surface area contributed by atoms with Gasteiger partial charge in [0.15, 0.2) is 5.78 Å². The zero-order valence-corrected chi connectivity index (χ0v) is 16.1. The molecule has 1 N–H and O–H groups in total. The Hall–Kier alpha value is -2.29. The number of ether oxygens (including phenoxy) is 1. The first kappa shape index (κ1) is 18.5.